The average molecular weight is 270 g/mol. The lowest BCUT2D eigenvalue weighted by molar-refractivity contribution is 0.0735. The van der Waals surface area contributed by atoms with Crippen molar-refractivity contribution in [1.29, 1.82) is 0 Å². The Morgan fingerprint density at radius 2 is 2.00 bits per heavy atom. The Bertz CT molecular complexity index is 271. The van der Waals surface area contributed by atoms with Crippen molar-refractivity contribution in [3.05, 3.63) is 0 Å². The fourth-order valence-corrected chi connectivity index (χ4v) is 1.94. The van der Waals surface area contributed by atoms with Gasteiger partial charge in [0.15, 0.2) is 0 Å². The Kier molecular flexibility index (Phi) is 9.60. The van der Waals surface area contributed by atoms with Gasteiger partial charge in [-0.1, -0.05) is 0 Å². The Morgan fingerprint density at radius 1 is 1.29 bits per heavy atom. The fraction of sp³-hybridized carbons (Fsp3) is 1.00. The topological polar surface area (TPSA) is 88.1 Å². The maximum Gasteiger partial charge on any atom is 0.279 e. The molecule has 0 aromatic heterocycles. The van der Waals surface area contributed by atoms with Gasteiger partial charge in [0.1, 0.15) is 0 Å². The van der Waals surface area contributed by atoms with E-state index in [1.165, 1.54) is 11.4 Å². The predicted octanol–water partition coefficient (Wildman–Crippen LogP) is -1.20. The molecule has 0 fully saturated rings. The first-order chi connectivity index (χ1) is 8.04. The third kappa shape index (κ3) is 8.47. The zero-order valence-electron chi connectivity index (χ0n) is 10.4. The second-order valence-corrected chi connectivity index (χ2v) is 5.27. The Hall–Kier alpha value is -0.250. The highest BCUT2D eigenvalue weighted by molar-refractivity contribution is 7.87. The summed E-state index contributed by atoms with van der Waals surface area (Å²) in [4.78, 5) is 0. The molecule has 0 saturated heterocycles. The molecule has 104 valence electrons. The predicted molar refractivity (Wildman–Crippen MR) is 64.0 cm³/mol. The summed E-state index contributed by atoms with van der Waals surface area (Å²) < 4.78 is 36.6. The summed E-state index contributed by atoms with van der Waals surface area (Å²) in [5.41, 5.74) is 0. The van der Waals surface area contributed by atoms with E-state index in [4.69, 9.17) is 14.6 Å². The fourth-order valence-electron chi connectivity index (χ4n) is 1.01. The molecule has 8 heteroatoms. The van der Waals surface area contributed by atoms with Crippen LogP contribution in [0.25, 0.3) is 0 Å². The SMILES string of the molecule is COCCOCCNS(=O)(=O)N(C)CCCO. The molecule has 0 spiro atoms. The summed E-state index contributed by atoms with van der Waals surface area (Å²) in [7, 11) is -0.431. The van der Waals surface area contributed by atoms with Crippen molar-refractivity contribution in [3.8, 4) is 0 Å². The van der Waals surface area contributed by atoms with Gasteiger partial charge in [-0.25, -0.2) is 0 Å². The minimum Gasteiger partial charge on any atom is -0.396 e. The molecule has 0 aliphatic heterocycles. The number of nitrogens with zero attached hydrogens (tertiary/aromatic N) is 1. The smallest absolute Gasteiger partial charge is 0.279 e. The van der Waals surface area contributed by atoms with Crippen molar-refractivity contribution >= 4 is 10.2 Å². The number of methoxy groups -OCH3 is 1. The van der Waals surface area contributed by atoms with Crippen LogP contribution in [0.2, 0.25) is 0 Å². The minimum atomic E-state index is -3.46. The van der Waals surface area contributed by atoms with E-state index < -0.39 is 10.2 Å². The van der Waals surface area contributed by atoms with Gasteiger partial charge in [-0.2, -0.15) is 17.4 Å². The highest BCUT2D eigenvalue weighted by Gasteiger charge is 2.15. The lowest BCUT2D eigenvalue weighted by atomic mass is 10.5. The van der Waals surface area contributed by atoms with Crippen molar-refractivity contribution in [2.24, 2.45) is 0 Å². The van der Waals surface area contributed by atoms with E-state index in [-0.39, 0.29) is 19.7 Å². The first-order valence-electron chi connectivity index (χ1n) is 5.43. The van der Waals surface area contributed by atoms with Gasteiger partial charge in [-0.15, -0.1) is 0 Å². The number of hydrogen-bond donors (Lipinski definition) is 2. The number of aliphatic hydroxyl groups is 1. The van der Waals surface area contributed by atoms with E-state index in [9.17, 15) is 8.42 Å². The van der Waals surface area contributed by atoms with Crippen LogP contribution in [-0.4, -0.2) is 71.5 Å². The zero-order chi connectivity index (χ0) is 13.1. The summed E-state index contributed by atoms with van der Waals surface area (Å²) in [6.45, 7) is 1.71. The standard InChI is InChI=1S/C9H22N2O5S/c1-11(5-3-6-12)17(13,14)10-4-7-16-9-8-15-2/h10,12H,3-9H2,1-2H3. The number of ether oxygens (including phenoxy) is 2. The summed E-state index contributed by atoms with van der Waals surface area (Å²) in [5.74, 6) is 0. The first kappa shape index (κ1) is 16.8. The van der Waals surface area contributed by atoms with E-state index in [1.807, 2.05) is 0 Å². The summed E-state index contributed by atoms with van der Waals surface area (Å²) in [5, 5.41) is 8.60. The van der Waals surface area contributed by atoms with Crippen LogP contribution in [0.4, 0.5) is 0 Å². The molecule has 0 aliphatic carbocycles. The van der Waals surface area contributed by atoms with E-state index in [0.717, 1.165) is 0 Å². The quantitative estimate of drug-likeness (QED) is 0.460. The molecule has 0 aliphatic rings. The monoisotopic (exact) mass is 270 g/mol. The van der Waals surface area contributed by atoms with E-state index in [0.29, 0.717) is 26.2 Å². The van der Waals surface area contributed by atoms with Crippen LogP contribution in [0.5, 0.6) is 0 Å². The largest absolute Gasteiger partial charge is 0.396 e. The number of rotatable bonds is 11. The van der Waals surface area contributed by atoms with Gasteiger partial charge < -0.3 is 14.6 Å². The van der Waals surface area contributed by atoms with Crippen molar-refractivity contribution < 1.29 is 23.0 Å². The van der Waals surface area contributed by atoms with Crippen LogP contribution in [0.3, 0.4) is 0 Å². The van der Waals surface area contributed by atoms with E-state index in [1.54, 1.807) is 7.11 Å². The lowest BCUT2D eigenvalue weighted by Crippen LogP contribution is -2.40. The highest BCUT2D eigenvalue weighted by atomic mass is 32.2. The Balaban J connectivity index is 3.70. The molecule has 0 radical (unpaired) electrons. The Labute approximate surface area is 103 Å². The first-order valence-corrected chi connectivity index (χ1v) is 6.87. The second-order valence-electron chi connectivity index (χ2n) is 3.40. The second kappa shape index (κ2) is 9.75. The van der Waals surface area contributed by atoms with Gasteiger partial charge in [0.05, 0.1) is 19.8 Å². The molecule has 7 nitrogen and oxygen atoms in total. The third-order valence-electron chi connectivity index (χ3n) is 2.00. The normalized spacial score (nSPS) is 12.2. The van der Waals surface area contributed by atoms with E-state index in [2.05, 4.69) is 4.72 Å². The van der Waals surface area contributed by atoms with Crippen molar-refractivity contribution in [2.75, 3.05) is 53.7 Å². The van der Waals surface area contributed by atoms with Crippen LogP contribution in [0.15, 0.2) is 0 Å². The van der Waals surface area contributed by atoms with Crippen LogP contribution in [-0.2, 0) is 19.7 Å². The maximum atomic E-state index is 11.6. The van der Waals surface area contributed by atoms with Gasteiger partial charge in [-0.05, 0) is 6.42 Å². The van der Waals surface area contributed by atoms with Gasteiger partial charge in [0, 0.05) is 33.9 Å². The number of nitrogens with one attached hydrogen (secondary N) is 1. The maximum absolute atomic E-state index is 11.6. The van der Waals surface area contributed by atoms with Crippen molar-refractivity contribution in [3.63, 3.8) is 0 Å². The van der Waals surface area contributed by atoms with Crippen molar-refractivity contribution in [1.82, 2.24) is 9.03 Å². The highest BCUT2D eigenvalue weighted by Crippen LogP contribution is 1.94. The van der Waals surface area contributed by atoms with Crippen LogP contribution in [0.1, 0.15) is 6.42 Å². The molecule has 0 amide bonds. The molecular weight excluding hydrogens is 248 g/mol. The number of aliphatic hydroxyl groups excluding tert-OH is 1. The summed E-state index contributed by atoms with van der Waals surface area (Å²) in [6.07, 6.45) is 0.418. The van der Waals surface area contributed by atoms with Gasteiger partial charge in [0.25, 0.3) is 10.2 Å². The zero-order valence-corrected chi connectivity index (χ0v) is 11.2. The average Bonchev–Trinajstić information content (AvgIpc) is 2.30. The lowest BCUT2D eigenvalue weighted by Gasteiger charge is -2.17. The van der Waals surface area contributed by atoms with Gasteiger partial charge >= 0.3 is 0 Å². The molecule has 0 atom stereocenters. The molecule has 0 aromatic carbocycles. The molecule has 0 heterocycles. The summed E-state index contributed by atoms with van der Waals surface area (Å²) in [6, 6.07) is 0. The molecule has 0 aromatic rings. The Morgan fingerprint density at radius 3 is 2.59 bits per heavy atom. The molecular formula is C9H22N2O5S. The van der Waals surface area contributed by atoms with E-state index >= 15 is 0 Å². The molecule has 17 heavy (non-hydrogen) atoms. The molecule has 0 rings (SSSR count). The molecule has 0 saturated carbocycles. The minimum absolute atomic E-state index is 0.0278. The van der Waals surface area contributed by atoms with Gasteiger partial charge in [0.2, 0.25) is 0 Å². The van der Waals surface area contributed by atoms with Crippen LogP contribution in [0, 0.1) is 0 Å². The molecule has 0 bridgehead atoms. The summed E-state index contributed by atoms with van der Waals surface area (Å²) >= 11 is 0. The van der Waals surface area contributed by atoms with Gasteiger partial charge in [-0.3, -0.25) is 0 Å². The number of hydrogen-bond acceptors (Lipinski definition) is 5. The van der Waals surface area contributed by atoms with Crippen LogP contribution >= 0.6 is 0 Å². The molecule has 2 N–H and O–H groups in total. The third-order valence-corrected chi connectivity index (χ3v) is 3.58. The molecule has 0 unspecified atom stereocenters. The van der Waals surface area contributed by atoms with Crippen molar-refractivity contribution in [2.45, 2.75) is 6.42 Å². The van der Waals surface area contributed by atoms with Crippen LogP contribution < -0.4 is 4.72 Å².